The molecule has 14 heavy (non-hydrogen) atoms. The molecule has 0 aliphatic heterocycles. The number of hydrogen-bond acceptors (Lipinski definition) is 5. The SMILES string of the molecule is Cn1nnc(Cn2ccnc2CN)n1. The van der Waals surface area contributed by atoms with E-state index in [-0.39, 0.29) is 0 Å². The standard InChI is InChI=1S/C7H11N7/c1-13-11-6(10-12-13)5-14-3-2-9-7(14)4-8/h2-3H,4-5,8H2,1H3. The van der Waals surface area contributed by atoms with Crippen molar-refractivity contribution in [2.75, 3.05) is 0 Å². The van der Waals surface area contributed by atoms with Gasteiger partial charge in [-0.3, -0.25) is 0 Å². The van der Waals surface area contributed by atoms with Crippen LogP contribution in [0.3, 0.4) is 0 Å². The van der Waals surface area contributed by atoms with Crippen LogP contribution in [0.1, 0.15) is 11.6 Å². The first kappa shape index (κ1) is 8.82. The number of aromatic nitrogens is 6. The summed E-state index contributed by atoms with van der Waals surface area (Å²) in [5.41, 5.74) is 5.51. The van der Waals surface area contributed by atoms with Crippen molar-refractivity contribution in [1.82, 2.24) is 29.8 Å². The molecule has 0 aliphatic carbocycles. The van der Waals surface area contributed by atoms with Crippen molar-refractivity contribution in [1.29, 1.82) is 0 Å². The lowest BCUT2D eigenvalue weighted by Gasteiger charge is -2.01. The van der Waals surface area contributed by atoms with Crippen molar-refractivity contribution in [3.63, 3.8) is 0 Å². The van der Waals surface area contributed by atoms with E-state index in [1.54, 1.807) is 13.2 Å². The molecular formula is C7H11N7. The molecule has 2 rings (SSSR count). The first-order valence-corrected chi connectivity index (χ1v) is 4.22. The van der Waals surface area contributed by atoms with Crippen molar-refractivity contribution < 1.29 is 0 Å². The molecule has 0 unspecified atom stereocenters. The second-order valence-corrected chi connectivity index (χ2v) is 2.87. The van der Waals surface area contributed by atoms with Crippen LogP contribution in [-0.4, -0.2) is 29.8 Å². The predicted molar refractivity (Wildman–Crippen MR) is 48.0 cm³/mol. The monoisotopic (exact) mass is 193 g/mol. The summed E-state index contributed by atoms with van der Waals surface area (Å²) in [6.07, 6.45) is 3.55. The lowest BCUT2D eigenvalue weighted by molar-refractivity contribution is 0.623. The highest BCUT2D eigenvalue weighted by Gasteiger charge is 2.04. The molecule has 2 aromatic rings. The van der Waals surface area contributed by atoms with Crippen LogP contribution in [0.2, 0.25) is 0 Å². The minimum atomic E-state index is 0.410. The Hall–Kier alpha value is -1.76. The van der Waals surface area contributed by atoms with Crippen molar-refractivity contribution in [2.45, 2.75) is 13.1 Å². The first-order valence-electron chi connectivity index (χ1n) is 4.22. The third kappa shape index (κ3) is 1.62. The van der Waals surface area contributed by atoms with E-state index < -0.39 is 0 Å². The van der Waals surface area contributed by atoms with Crippen molar-refractivity contribution >= 4 is 0 Å². The molecule has 0 radical (unpaired) electrons. The summed E-state index contributed by atoms with van der Waals surface area (Å²) in [5.74, 6) is 1.47. The highest BCUT2D eigenvalue weighted by atomic mass is 15.6. The van der Waals surface area contributed by atoms with Crippen LogP contribution in [0.25, 0.3) is 0 Å². The van der Waals surface area contributed by atoms with E-state index in [1.165, 1.54) is 4.80 Å². The van der Waals surface area contributed by atoms with E-state index in [0.717, 1.165) is 5.82 Å². The molecular weight excluding hydrogens is 182 g/mol. The van der Waals surface area contributed by atoms with Gasteiger partial charge in [0.05, 0.1) is 20.1 Å². The maximum absolute atomic E-state index is 5.51. The number of hydrogen-bond donors (Lipinski definition) is 1. The van der Waals surface area contributed by atoms with Gasteiger partial charge in [-0.1, -0.05) is 0 Å². The zero-order valence-corrected chi connectivity index (χ0v) is 7.83. The molecule has 0 bridgehead atoms. The molecule has 2 N–H and O–H groups in total. The van der Waals surface area contributed by atoms with Gasteiger partial charge in [-0.15, -0.1) is 10.2 Å². The van der Waals surface area contributed by atoms with E-state index in [2.05, 4.69) is 20.4 Å². The van der Waals surface area contributed by atoms with Gasteiger partial charge < -0.3 is 10.3 Å². The van der Waals surface area contributed by atoms with Gasteiger partial charge in [-0.25, -0.2) is 4.98 Å². The second kappa shape index (κ2) is 3.54. The Bertz CT molecular complexity index is 415. The second-order valence-electron chi connectivity index (χ2n) is 2.87. The number of nitrogens with zero attached hydrogens (tertiary/aromatic N) is 6. The Balaban J connectivity index is 2.18. The molecule has 0 fully saturated rings. The fraction of sp³-hybridized carbons (Fsp3) is 0.429. The van der Waals surface area contributed by atoms with Crippen molar-refractivity contribution in [2.24, 2.45) is 12.8 Å². The minimum absolute atomic E-state index is 0.410. The van der Waals surface area contributed by atoms with Crippen LogP contribution in [0.15, 0.2) is 12.4 Å². The number of aryl methyl sites for hydroxylation is 1. The lowest BCUT2D eigenvalue weighted by atomic mass is 10.5. The summed E-state index contributed by atoms with van der Waals surface area (Å²) < 4.78 is 1.90. The molecule has 2 heterocycles. The van der Waals surface area contributed by atoms with Gasteiger partial charge in [0, 0.05) is 12.4 Å². The Kier molecular flexibility index (Phi) is 2.23. The lowest BCUT2D eigenvalue weighted by Crippen LogP contribution is -2.09. The zero-order valence-electron chi connectivity index (χ0n) is 7.83. The van der Waals surface area contributed by atoms with Crippen molar-refractivity contribution in [3.05, 3.63) is 24.0 Å². The van der Waals surface area contributed by atoms with E-state index >= 15 is 0 Å². The summed E-state index contributed by atoms with van der Waals surface area (Å²) >= 11 is 0. The smallest absolute Gasteiger partial charge is 0.194 e. The Morgan fingerprint density at radius 1 is 1.50 bits per heavy atom. The Morgan fingerprint density at radius 2 is 2.36 bits per heavy atom. The van der Waals surface area contributed by atoms with Crippen LogP contribution in [-0.2, 0) is 20.1 Å². The van der Waals surface area contributed by atoms with E-state index in [1.807, 2.05) is 10.8 Å². The van der Waals surface area contributed by atoms with Gasteiger partial charge in [-0.2, -0.15) is 4.80 Å². The Labute approximate surface area is 80.5 Å². The fourth-order valence-corrected chi connectivity index (χ4v) is 1.21. The number of rotatable bonds is 3. The highest BCUT2D eigenvalue weighted by Crippen LogP contribution is 1.99. The van der Waals surface area contributed by atoms with E-state index in [4.69, 9.17) is 5.73 Å². The summed E-state index contributed by atoms with van der Waals surface area (Å²) in [5, 5.41) is 11.7. The molecule has 7 heteroatoms. The van der Waals surface area contributed by atoms with Gasteiger partial charge in [0.25, 0.3) is 0 Å². The largest absolute Gasteiger partial charge is 0.326 e. The zero-order chi connectivity index (χ0) is 9.97. The summed E-state index contributed by atoms with van der Waals surface area (Å²) in [7, 11) is 1.73. The molecule has 0 amide bonds. The van der Waals surface area contributed by atoms with Crippen LogP contribution in [0.4, 0.5) is 0 Å². The molecule has 0 aliphatic rings. The molecule has 0 saturated carbocycles. The maximum Gasteiger partial charge on any atom is 0.194 e. The average molecular weight is 193 g/mol. The predicted octanol–water partition coefficient (Wildman–Crippen LogP) is -1.09. The average Bonchev–Trinajstić information content (AvgIpc) is 2.76. The normalized spacial score (nSPS) is 10.7. The molecule has 0 aromatic carbocycles. The maximum atomic E-state index is 5.51. The van der Waals surface area contributed by atoms with Crippen LogP contribution in [0.5, 0.6) is 0 Å². The quantitative estimate of drug-likeness (QED) is 0.669. The van der Waals surface area contributed by atoms with Crippen molar-refractivity contribution in [3.8, 4) is 0 Å². The van der Waals surface area contributed by atoms with Gasteiger partial charge in [0.1, 0.15) is 5.82 Å². The van der Waals surface area contributed by atoms with E-state index in [9.17, 15) is 0 Å². The number of imidazole rings is 1. The van der Waals surface area contributed by atoms with Crippen LogP contribution >= 0.6 is 0 Å². The van der Waals surface area contributed by atoms with E-state index in [0.29, 0.717) is 18.9 Å². The molecule has 74 valence electrons. The summed E-state index contributed by atoms with van der Waals surface area (Å²) in [6.45, 7) is 0.966. The number of nitrogens with two attached hydrogens (primary N) is 1. The highest BCUT2D eigenvalue weighted by molar-refractivity contribution is 4.94. The van der Waals surface area contributed by atoms with Gasteiger partial charge >= 0.3 is 0 Å². The fourth-order valence-electron chi connectivity index (χ4n) is 1.21. The third-order valence-corrected chi connectivity index (χ3v) is 1.85. The molecule has 0 atom stereocenters. The van der Waals surface area contributed by atoms with Gasteiger partial charge in [0.15, 0.2) is 5.82 Å². The molecule has 0 spiro atoms. The van der Waals surface area contributed by atoms with Gasteiger partial charge in [-0.05, 0) is 5.21 Å². The Morgan fingerprint density at radius 3 is 3.00 bits per heavy atom. The third-order valence-electron chi connectivity index (χ3n) is 1.85. The first-order chi connectivity index (χ1) is 6.79. The summed E-state index contributed by atoms with van der Waals surface area (Å²) in [6, 6.07) is 0. The number of tetrazole rings is 1. The topological polar surface area (TPSA) is 87.4 Å². The molecule has 7 nitrogen and oxygen atoms in total. The molecule has 0 saturated heterocycles. The van der Waals surface area contributed by atoms with Crippen LogP contribution in [0, 0.1) is 0 Å². The van der Waals surface area contributed by atoms with Gasteiger partial charge in [0.2, 0.25) is 0 Å². The minimum Gasteiger partial charge on any atom is -0.326 e. The summed E-state index contributed by atoms with van der Waals surface area (Å²) in [4.78, 5) is 5.52. The van der Waals surface area contributed by atoms with Crippen LogP contribution < -0.4 is 5.73 Å². The molecule has 2 aromatic heterocycles.